The fourth-order valence-corrected chi connectivity index (χ4v) is 4.97. The average molecular weight is 617 g/mol. The zero-order valence-corrected chi connectivity index (χ0v) is 26.2. The molecule has 0 spiro atoms. The Morgan fingerprint density at radius 1 is 0.711 bits per heavy atom. The van der Waals surface area contributed by atoms with Crippen molar-refractivity contribution in [3.8, 4) is 11.1 Å². The summed E-state index contributed by atoms with van der Waals surface area (Å²) < 4.78 is 21.7. The average Bonchev–Trinajstić information content (AvgIpc) is 3.32. The van der Waals surface area contributed by atoms with Gasteiger partial charge in [0, 0.05) is 5.92 Å². The van der Waals surface area contributed by atoms with E-state index in [1.807, 2.05) is 54.6 Å². The van der Waals surface area contributed by atoms with E-state index >= 15 is 0 Å². The molecule has 45 heavy (non-hydrogen) atoms. The third-order valence-corrected chi connectivity index (χ3v) is 7.13. The number of hydrogen-bond acceptors (Lipinski definition) is 8. The molecule has 3 aromatic rings. The van der Waals surface area contributed by atoms with Gasteiger partial charge in [-0.25, -0.2) is 19.2 Å². The first kappa shape index (κ1) is 33.0. The number of benzene rings is 3. The molecule has 2 N–H and O–H groups in total. The topological polar surface area (TPSA) is 129 Å². The Morgan fingerprint density at radius 3 is 1.87 bits per heavy atom. The van der Waals surface area contributed by atoms with Crippen molar-refractivity contribution in [2.45, 2.75) is 64.8 Å². The van der Waals surface area contributed by atoms with Crippen LogP contribution in [-0.4, -0.2) is 55.0 Å². The lowest BCUT2D eigenvalue weighted by Gasteiger charge is -2.24. The van der Waals surface area contributed by atoms with Crippen molar-refractivity contribution in [1.82, 2.24) is 10.6 Å². The maximum absolute atomic E-state index is 13.1. The van der Waals surface area contributed by atoms with Gasteiger partial charge in [-0.3, -0.25) is 0 Å². The van der Waals surface area contributed by atoms with Crippen molar-refractivity contribution in [2.24, 2.45) is 5.92 Å². The minimum Gasteiger partial charge on any atom is -0.461 e. The Hall–Kier alpha value is -4.86. The molecule has 2 atom stereocenters. The summed E-state index contributed by atoms with van der Waals surface area (Å²) in [5.74, 6) is -2.14. The molecule has 0 saturated heterocycles. The summed E-state index contributed by atoms with van der Waals surface area (Å²) in [6, 6.07) is 22.5. The lowest BCUT2D eigenvalue weighted by atomic mass is 9.98. The van der Waals surface area contributed by atoms with Gasteiger partial charge in [0.25, 0.3) is 0 Å². The standard InChI is InChI=1S/C35H40N2O8/c1-22(2)30(37-33(40)44-20-28-26-17-11-9-15-24(26)25-16-10-12-18-27(25)28)32(39)43-21-29(36-34(41)45-35(3,4)5)31(38)42-19-23-13-7-6-8-14-23/h6-18,22,28-30H,19-21H2,1-5H3,(H,36,41)(H,37,40)/t29-,30-/m0/s1. The minimum absolute atomic E-state index is 0.0436. The predicted molar refractivity (Wildman–Crippen MR) is 167 cm³/mol. The molecule has 0 heterocycles. The Morgan fingerprint density at radius 2 is 1.29 bits per heavy atom. The van der Waals surface area contributed by atoms with E-state index in [-0.39, 0.29) is 25.0 Å². The number of fused-ring (bicyclic) bond motifs is 3. The van der Waals surface area contributed by atoms with Gasteiger partial charge in [-0.05, 0) is 54.5 Å². The Labute approximate surface area is 263 Å². The van der Waals surface area contributed by atoms with E-state index < -0.39 is 48.4 Å². The Bertz CT molecular complexity index is 1450. The van der Waals surface area contributed by atoms with Crippen LogP contribution in [0.5, 0.6) is 0 Å². The van der Waals surface area contributed by atoms with Crippen molar-refractivity contribution in [2.75, 3.05) is 13.2 Å². The summed E-state index contributed by atoms with van der Waals surface area (Å²) >= 11 is 0. The van der Waals surface area contributed by atoms with Crippen molar-refractivity contribution in [1.29, 1.82) is 0 Å². The molecule has 0 saturated carbocycles. The van der Waals surface area contributed by atoms with Crippen LogP contribution >= 0.6 is 0 Å². The maximum atomic E-state index is 13.1. The van der Waals surface area contributed by atoms with Crippen LogP contribution in [-0.2, 0) is 35.1 Å². The molecule has 0 aromatic heterocycles. The summed E-state index contributed by atoms with van der Waals surface area (Å²) in [5.41, 5.74) is 4.24. The summed E-state index contributed by atoms with van der Waals surface area (Å²) in [5, 5.41) is 5.01. The molecular formula is C35H40N2O8. The van der Waals surface area contributed by atoms with E-state index in [4.69, 9.17) is 18.9 Å². The fraction of sp³-hybridized carbons (Fsp3) is 0.371. The van der Waals surface area contributed by atoms with E-state index in [2.05, 4.69) is 10.6 Å². The smallest absolute Gasteiger partial charge is 0.408 e. The highest BCUT2D eigenvalue weighted by Crippen LogP contribution is 2.44. The van der Waals surface area contributed by atoms with Crippen LogP contribution in [0.15, 0.2) is 78.9 Å². The van der Waals surface area contributed by atoms with Gasteiger partial charge in [-0.2, -0.15) is 0 Å². The van der Waals surface area contributed by atoms with Gasteiger partial charge in [-0.15, -0.1) is 0 Å². The number of rotatable bonds is 11. The van der Waals surface area contributed by atoms with Crippen molar-refractivity contribution >= 4 is 24.1 Å². The van der Waals surface area contributed by atoms with Gasteiger partial charge in [0.05, 0.1) is 0 Å². The van der Waals surface area contributed by atoms with E-state index in [1.54, 1.807) is 58.9 Å². The second-order valence-corrected chi connectivity index (χ2v) is 12.1. The quantitative estimate of drug-likeness (QED) is 0.207. The highest BCUT2D eigenvalue weighted by molar-refractivity contribution is 5.84. The van der Waals surface area contributed by atoms with Crippen LogP contribution < -0.4 is 10.6 Å². The van der Waals surface area contributed by atoms with E-state index in [9.17, 15) is 19.2 Å². The molecule has 10 heteroatoms. The molecule has 10 nitrogen and oxygen atoms in total. The molecule has 0 aliphatic heterocycles. The summed E-state index contributed by atoms with van der Waals surface area (Å²) in [6.45, 7) is 8.00. The van der Waals surface area contributed by atoms with Gasteiger partial charge < -0.3 is 29.6 Å². The van der Waals surface area contributed by atoms with Crippen LogP contribution in [0.25, 0.3) is 11.1 Å². The number of nitrogens with one attached hydrogen (secondary N) is 2. The lowest BCUT2D eigenvalue weighted by Crippen LogP contribution is -2.50. The number of hydrogen-bond donors (Lipinski definition) is 2. The largest absolute Gasteiger partial charge is 0.461 e. The van der Waals surface area contributed by atoms with Crippen LogP contribution in [0, 0.1) is 5.92 Å². The first-order chi connectivity index (χ1) is 21.4. The third kappa shape index (κ3) is 9.07. The molecule has 2 amide bonds. The zero-order valence-electron chi connectivity index (χ0n) is 26.2. The Balaban J connectivity index is 1.36. The van der Waals surface area contributed by atoms with Crippen LogP contribution in [0.1, 0.15) is 57.2 Å². The Kier molecular flexibility index (Phi) is 10.8. The number of alkyl carbamates (subject to hydrolysis) is 2. The van der Waals surface area contributed by atoms with Crippen LogP contribution in [0.3, 0.4) is 0 Å². The maximum Gasteiger partial charge on any atom is 0.408 e. The molecular weight excluding hydrogens is 576 g/mol. The predicted octanol–water partition coefficient (Wildman–Crippen LogP) is 5.73. The third-order valence-electron chi connectivity index (χ3n) is 7.13. The molecule has 0 unspecified atom stereocenters. The van der Waals surface area contributed by atoms with Gasteiger partial charge >= 0.3 is 24.1 Å². The lowest BCUT2D eigenvalue weighted by molar-refractivity contribution is -0.154. The summed E-state index contributed by atoms with van der Waals surface area (Å²) in [6.07, 6.45) is -1.66. The second kappa shape index (κ2) is 14.7. The first-order valence-corrected chi connectivity index (χ1v) is 14.9. The molecule has 1 aliphatic carbocycles. The second-order valence-electron chi connectivity index (χ2n) is 12.1. The number of carbonyl (C=O) groups is 4. The minimum atomic E-state index is -1.35. The first-order valence-electron chi connectivity index (χ1n) is 14.9. The summed E-state index contributed by atoms with van der Waals surface area (Å²) in [7, 11) is 0. The molecule has 0 bridgehead atoms. The number of carbonyl (C=O) groups excluding carboxylic acids is 4. The van der Waals surface area contributed by atoms with E-state index in [1.165, 1.54) is 0 Å². The monoisotopic (exact) mass is 616 g/mol. The van der Waals surface area contributed by atoms with Gasteiger partial charge in [0.1, 0.15) is 31.5 Å². The van der Waals surface area contributed by atoms with Gasteiger partial charge in [0.15, 0.2) is 6.04 Å². The van der Waals surface area contributed by atoms with Gasteiger partial charge in [0.2, 0.25) is 0 Å². The summed E-state index contributed by atoms with van der Waals surface area (Å²) in [4.78, 5) is 51.4. The van der Waals surface area contributed by atoms with Crippen LogP contribution in [0.2, 0.25) is 0 Å². The zero-order chi connectivity index (χ0) is 32.6. The molecule has 0 radical (unpaired) electrons. The molecule has 238 valence electrons. The highest BCUT2D eigenvalue weighted by Gasteiger charge is 2.33. The molecule has 3 aromatic carbocycles. The highest BCUT2D eigenvalue weighted by atomic mass is 16.6. The van der Waals surface area contributed by atoms with E-state index in [0.29, 0.717) is 0 Å². The van der Waals surface area contributed by atoms with Crippen molar-refractivity contribution in [3.05, 3.63) is 95.6 Å². The number of esters is 2. The molecule has 0 fully saturated rings. The molecule has 4 rings (SSSR count). The SMILES string of the molecule is CC(C)[C@H](NC(=O)OCC1c2ccccc2-c2ccccc21)C(=O)OC[C@H](NC(=O)OC(C)(C)C)C(=O)OCc1ccccc1. The van der Waals surface area contributed by atoms with E-state index in [0.717, 1.165) is 27.8 Å². The normalized spacial score (nSPS) is 13.6. The number of amides is 2. The van der Waals surface area contributed by atoms with Gasteiger partial charge in [-0.1, -0.05) is 92.7 Å². The number of ether oxygens (including phenoxy) is 4. The fourth-order valence-electron chi connectivity index (χ4n) is 4.97. The molecule has 1 aliphatic rings. The van der Waals surface area contributed by atoms with Crippen molar-refractivity contribution < 1.29 is 38.1 Å². The van der Waals surface area contributed by atoms with Crippen molar-refractivity contribution in [3.63, 3.8) is 0 Å². The van der Waals surface area contributed by atoms with Crippen LogP contribution in [0.4, 0.5) is 9.59 Å².